The Labute approximate surface area is 201 Å². The molecule has 1 aliphatic rings. The van der Waals surface area contributed by atoms with Gasteiger partial charge in [-0.1, -0.05) is 17.7 Å². The van der Waals surface area contributed by atoms with Crippen molar-refractivity contribution in [3.8, 4) is 17.2 Å². The molecule has 1 unspecified atom stereocenters. The number of carbonyl (C=O) groups excluding carboxylic acids is 1. The second kappa shape index (κ2) is 11.4. The van der Waals surface area contributed by atoms with Crippen molar-refractivity contribution in [2.75, 3.05) is 20.3 Å². The molecular formula is C24H25ClN2O5S. The normalized spacial score (nSPS) is 15.3. The molecule has 0 aliphatic carbocycles. The Morgan fingerprint density at radius 3 is 2.82 bits per heavy atom. The first kappa shape index (κ1) is 23.4. The summed E-state index contributed by atoms with van der Waals surface area (Å²) in [5.74, 6) is 1.72. The second-order valence-electron chi connectivity index (χ2n) is 7.48. The minimum absolute atomic E-state index is 0.133. The summed E-state index contributed by atoms with van der Waals surface area (Å²) >= 11 is 7.25. The summed E-state index contributed by atoms with van der Waals surface area (Å²) in [6, 6.07) is 12.7. The van der Waals surface area contributed by atoms with Gasteiger partial charge in [0.25, 0.3) is 5.91 Å². The van der Waals surface area contributed by atoms with E-state index >= 15 is 0 Å². The lowest BCUT2D eigenvalue weighted by molar-refractivity contribution is 0.0669. The Balaban J connectivity index is 1.27. The molecule has 0 spiro atoms. The van der Waals surface area contributed by atoms with Crippen molar-refractivity contribution in [3.05, 3.63) is 69.1 Å². The zero-order valence-corrected chi connectivity index (χ0v) is 19.8. The van der Waals surface area contributed by atoms with Crippen LogP contribution in [0.1, 0.15) is 33.9 Å². The van der Waals surface area contributed by atoms with Crippen molar-refractivity contribution in [2.45, 2.75) is 32.1 Å². The Morgan fingerprint density at radius 2 is 2.06 bits per heavy atom. The minimum atomic E-state index is -0.248. The van der Waals surface area contributed by atoms with Crippen LogP contribution < -0.4 is 19.5 Å². The number of ether oxygens (including phenoxy) is 4. The fourth-order valence-electron chi connectivity index (χ4n) is 3.33. The molecule has 4 rings (SSSR count). The first-order valence-electron chi connectivity index (χ1n) is 10.6. The summed E-state index contributed by atoms with van der Waals surface area (Å²) < 4.78 is 22.6. The number of aromatic nitrogens is 1. The molecule has 9 heteroatoms. The zero-order chi connectivity index (χ0) is 23.0. The van der Waals surface area contributed by atoms with Crippen LogP contribution in [-0.4, -0.2) is 37.3 Å². The average Bonchev–Trinajstić information content (AvgIpc) is 3.53. The van der Waals surface area contributed by atoms with Gasteiger partial charge < -0.3 is 24.3 Å². The van der Waals surface area contributed by atoms with Gasteiger partial charge in [0, 0.05) is 23.6 Å². The largest absolute Gasteiger partial charge is 0.493 e. The number of thiazole rings is 1. The van der Waals surface area contributed by atoms with E-state index in [2.05, 4.69) is 10.3 Å². The van der Waals surface area contributed by atoms with Crippen LogP contribution in [-0.2, 0) is 17.9 Å². The van der Waals surface area contributed by atoms with Gasteiger partial charge in [-0.15, -0.1) is 11.3 Å². The third-order valence-electron chi connectivity index (χ3n) is 5.09. The Kier molecular flexibility index (Phi) is 8.04. The van der Waals surface area contributed by atoms with E-state index in [9.17, 15) is 4.79 Å². The first-order chi connectivity index (χ1) is 16.1. The number of benzene rings is 2. The number of hydrogen-bond donors (Lipinski definition) is 1. The lowest BCUT2D eigenvalue weighted by Crippen LogP contribution is -2.23. The van der Waals surface area contributed by atoms with Gasteiger partial charge in [0.05, 0.1) is 13.2 Å². The van der Waals surface area contributed by atoms with Crippen LogP contribution in [0.4, 0.5) is 0 Å². The van der Waals surface area contributed by atoms with Crippen LogP contribution in [0.25, 0.3) is 0 Å². The highest BCUT2D eigenvalue weighted by Gasteiger charge is 2.17. The number of hydrogen-bond acceptors (Lipinski definition) is 7. The lowest BCUT2D eigenvalue weighted by Gasteiger charge is -2.15. The van der Waals surface area contributed by atoms with E-state index in [4.69, 9.17) is 30.5 Å². The SMILES string of the molecule is COc1cc(CNC(=O)c2csc(COc3ccc(Cl)cc3)n2)ccc1OCC1CCCO1. The molecule has 1 amide bonds. The third-order valence-corrected chi connectivity index (χ3v) is 6.16. The molecular weight excluding hydrogens is 464 g/mol. The molecule has 1 fully saturated rings. The van der Waals surface area contributed by atoms with E-state index < -0.39 is 0 Å². The molecule has 7 nitrogen and oxygen atoms in total. The molecule has 2 aromatic carbocycles. The number of nitrogens with one attached hydrogen (secondary N) is 1. The van der Waals surface area contributed by atoms with Crippen molar-refractivity contribution in [3.63, 3.8) is 0 Å². The average molecular weight is 489 g/mol. The van der Waals surface area contributed by atoms with Crippen molar-refractivity contribution in [1.82, 2.24) is 10.3 Å². The molecule has 1 aromatic heterocycles. The van der Waals surface area contributed by atoms with Crippen molar-refractivity contribution in [1.29, 1.82) is 0 Å². The topological polar surface area (TPSA) is 78.9 Å². The molecule has 174 valence electrons. The number of rotatable bonds is 10. The number of nitrogens with zero attached hydrogens (tertiary/aromatic N) is 1. The van der Waals surface area contributed by atoms with Gasteiger partial charge in [-0.05, 0) is 54.8 Å². The molecule has 1 atom stereocenters. The number of halogens is 1. The van der Waals surface area contributed by atoms with Crippen LogP contribution in [0.2, 0.25) is 5.02 Å². The van der Waals surface area contributed by atoms with Crippen LogP contribution in [0.3, 0.4) is 0 Å². The highest BCUT2D eigenvalue weighted by atomic mass is 35.5. The standard InChI is InChI=1S/C24H25ClN2O5S/c1-29-22-11-16(4-9-21(22)32-13-19-3-2-10-30-19)12-26-24(28)20-15-33-23(27-20)14-31-18-7-5-17(25)6-8-18/h4-9,11,15,19H,2-3,10,12-14H2,1H3,(H,26,28). The van der Waals surface area contributed by atoms with Gasteiger partial charge in [-0.2, -0.15) is 0 Å². The molecule has 1 saturated heterocycles. The van der Waals surface area contributed by atoms with E-state index in [1.807, 2.05) is 18.2 Å². The van der Waals surface area contributed by atoms with Crippen molar-refractivity contribution in [2.24, 2.45) is 0 Å². The molecule has 1 N–H and O–H groups in total. The van der Waals surface area contributed by atoms with Crippen LogP contribution in [0.15, 0.2) is 47.8 Å². The summed E-state index contributed by atoms with van der Waals surface area (Å²) in [6.07, 6.45) is 2.21. The maximum Gasteiger partial charge on any atom is 0.271 e. The summed E-state index contributed by atoms with van der Waals surface area (Å²) in [5.41, 5.74) is 1.25. The van der Waals surface area contributed by atoms with E-state index in [0.717, 1.165) is 25.0 Å². The molecule has 3 aromatic rings. The van der Waals surface area contributed by atoms with Gasteiger partial charge in [-0.25, -0.2) is 4.98 Å². The molecule has 0 bridgehead atoms. The monoisotopic (exact) mass is 488 g/mol. The summed E-state index contributed by atoms with van der Waals surface area (Å²) in [7, 11) is 1.60. The predicted molar refractivity (Wildman–Crippen MR) is 127 cm³/mol. The Morgan fingerprint density at radius 1 is 1.21 bits per heavy atom. The Bertz CT molecular complexity index is 1070. The van der Waals surface area contributed by atoms with Gasteiger partial charge in [0.2, 0.25) is 0 Å². The smallest absolute Gasteiger partial charge is 0.271 e. The fraction of sp³-hybridized carbons (Fsp3) is 0.333. The van der Waals surface area contributed by atoms with E-state index in [0.29, 0.717) is 46.1 Å². The molecule has 33 heavy (non-hydrogen) atoms. The zero-order valence-electron chi connectivity index (χ0n) is 18.2. The first-order valence-corrected chi connectivity index (χ1v) is 11.9. The van der Waals surface area contributed by atoms with Crippen LogP contribution in [0, 0.1) is 0 Å². The summed E-state index contributed by atoms with van der Waals surface area (Å²) in [4.78, 5) is 16.9. The van der Waals surface area contributed by atoms with Gasteiger partial charge in [0.1, 0.15) is 29.7 Å². The van der Waals surface area contributed by atoms with Crippen LogP contribution in [0.5, 0.6) is 17.2 Å². The number of methoxy groups -OCH3 is 1. The third kappa shape index (κ3) is 6.60. The lowest BCUT2D eigenvalue weighted by atomic mass is 10.2. The predicted octanol–water partition coefficient (Wildman–Crippen LogP) is 4.87. The van der Waals surface area contributed by atoms with Gasteiger partial charge in [-0.3, -0.25) is 4.79 Å². The molecule has 1 aliphatic heterocycles. The minimum Gasteiger partial charge on any atom is -0.493 e. The maximum atomic E-state index is 12.5. The summed E-state index contributed by atoms with van der Waals surface area (Å²) in [6.45, 7) is 1.92. The maximum absolute atomic E-state index is 12.5. The number of amides is 1. The van der Waals surface area contributed by atoms with Crippen molar-refractivity contribution >= 4 is 28.8 Å². The highest BCUT2D eigenvalue weighted by molar-refractivity contribution is 7.09. The second-order valence-corrected chi connectivity index (χ2v) is 8.86. The molecule has 2 heterocycles. The fourth-order valence-corrected chi connectivity index (χ4v) is 4.14. The Hall–Kier alpha value is -2.81. The van der Waals surface area contributed by atoms with E-state index in [1.165, 1.54) is 11.3 Å². The highest BCUT2D eigenvalue weighted by Crippen LogP contribution is 2.29. The number of carbonyl (C=O) groups is 1. The van der Waals surface area contributed by atoms with Crippen molar-refractivity contribution < 1.29 is 23.7 Å². The van der Waals surface area contributed by atoms with E-state index in [-0.39, 0.29) is 18.6 Å². The quantitative estimate of drug-likeness (QED) is 0.438. The molecule has 0 saturated carbocycles. The van der Waals surface area contributed by atoms with E-state index in [1.54, 1.807) is 36.8 Å². The molecule has 0 radical (unpaired) electrons. The van der Waals surface area contributed by atoms with Crippen LogP contribution >= 0.6 is 22.9 Å². The summed E-state index contributed by atoms with van der Waals surface area (Å²) in [5, 5.41) is 5.97. The van der Waals surface area contributed by atoms with Gasteiger partial charge >= 0.3 is 0 Å². The van der Waals surface area contributed by atoms with Gasteiger partial charge in [0.15, 0.2) is 11.5 Å².